The van der Waals surface area contributed by atoms with E-state index in [2.05, 4.69) is 4.74 Å². The molecule has 0 bridgehead atoms. The molecule has 1 aromatic rings. The van der Waals surface area contributed by atoms with Crippen LogP contribution in [0.1, 0.15) is 18.5 Å². The van der Waals surface area contributed by atoms with Gasteiger partial charge in [-0.1, -0.05) is 6.07 Å². The second-order valence-electron chi connectivity index (χ2n) is 3.56. The lowest BCUT2D eigenvalue weighted by Crippen LogP contribution is -2.13. The average Bonchev–Trinajstić information content (AvgIpc) is 2.35. The van der Waals surface area contributed by atoms with Crippen molar-refractivity contribution < 1.29 is 19.0 Å². The summed E-state index contributed by atoms with van der Waals surface area (Å²) in [5, 5.41) is 0. The van der Waals surface area contributed by atoms with Crippen LogP contribution in [0.25, 0.3) is 0 Å². The van der Waals surface area contributed by atoms with Gasteiger partial charge in [-0.3, -0.25) is 0 Å². The summed E-state index contributed by atoms with van der Waals surface area (Å²) in [6.07, 6.45) is 0. The van der Waals surface area contributed by atoms with E-state index in [4.69, 9.17) is 15.2 Å². The number of hydrogen-bond donors (Lipinski definition) is 1. The first-order valence-electron chi connectivity index (χ1n) is 5.21. The Bertz CT molecular complexity index is 390. The van der Waals surface area contributed by atoms with Crippen LogP contribution in [0.5, 0.6) is 11.5 Å². The summed E-state index contributed by atoms with van der Waals surface area (Å²) in [4.78, 5) is 11.0. The van der Waals surface area contributed by atoms with Crippen molar-refractivity contribution >= 4 is 5.97 Å². The van der Waals surface area contributed by atoms with Gasteiger partial charge in [0.25, 0.3) is 0 Å². The highest BCUT2D eigenvalue weighted by atomic mass is 16.6. The zero-order valence-corrected chi connectivity index (χ0v) is 10.2. The van der Waals surface area contributed by atoms with E-state index in [1.165, 1.54) is 14.2 Å². The minimum absolute atomic E-state index is 0.0847. The summed E-state index contributed by atoms with van der Waals surface area (Å²) in [5.74, 6) is 0.592. The van der Waals surface area contributed by atoms with E-state index in [1.807, 2.05) is 13.0 Å². The Morgan fingerprint density at radius 2 is 2.06 bits per heavy atom. The van der Waals surface area contributed by atoms with Crippen LogP contribution in [0.3, 0.4) is 0 Å². The van der Waals surface area contributed by atoms with Gasteiger partial charge in [0.05, 0.1) is 14.2 Å². The van der Waals surface area contributed by atoms with Crippen LogP contribution < -0.4 is 15.2 Å². The molecule has 0 saturated carbocycles. The van der Waals surface area contributed by atoms with Crippen LogP contribution in [0, 0.1) is 0 Å². The fourth-order valence-electron chi connectivity index (χ4n) is 1.28. The second-order valence-corrected chi connectivity index (χ2v) is 3.56. The molecule has 1 rings (SSSR count). The first kappa shape index (κ1) is 13.3. The fourth-order valence-corrected chi connectivity index (χ4v) is 1.28. The number of hydrogen-bond acceptors (Lipinski definition) is 5. The molecule has 0 amide bonds. The van der Waals surface area contributed by atoms with Gasteiger partial charge < -0.3 is 19.9 Å². The second kappa shape index (κ2) is 6.10. The van der Waals surface area contributed by atoms with Gasteiger partial charge in [0.1, 0.15) is 0 Å². The summed E-state index contributed by atoms with van der Waals surface area (Å²) in [6.45, 7) is 1.73. The molecule has 5 heteroatoms. The van der Waals surface area contributed by atoms with Crippen molar-refractivity contribution in [1.82, 2.24) is 0 Å². The molecule has 2 N–H and O–H groups in total. The van der Waals surface area contributed by atoms with E-state index in [0.29, 0.717) is 11.5 Å². The van der Waals surface area contributed by atoms with Crippen molar-refractivity contribution in [2.75, 3.05) is 20.8 Å². The Hall–Kier alpha value is -1.75. The maximum absolute atomic E-state index is 11.0. The van der Waals surface area contributed by atoms with Crippen LogP contribution in [0.2, 0.25) is 0 Å². The molecule has 0 aliphatic carbocycles. The molecule has 17 heavy (non-hydrogen) atoms. The Balaban J connectivity index is 2.81. The Kier molecular flexibility index (Phi) is 4.78. The van der Waals surface area contributed by atoms with Crippen LogP contribution >= 0.6 is 0 Å². The number of methoxy groups -OCH3 is 2. The van der Waals surface area contributed by atoms with Crippen LogP contribution in [0.4, 0.5) is 0 Å². The lowest BCUT2D eigenvalue weighted by atomic mass is 10.1. The number of rotatable bonds is 5. The van der Waals surface area contributed by atoms with Gasteiger partial charge in [-0.2, -0.15) is 0 Å². The molecule has 1 unspecified atom stereocenters. The number of carbonyl (C=O) groups excluding carboxylic acids is 1. The normalized spacial score (nSPS) is 11.8. The maximum Gasteiger partial charge on any atom is 0.343 e. The number of nitrogens with two attached hydrogens (primary N) is 1. The van der Waals surface area contributed by atoms with Crippen molar-refractivity contribution in [2.45, 2.75) is 13.0 Å². The lowest BCUT2D eigenvalue weighted by Gasteiger charge is -2.12. The first-order valence-corrected chi connectivity index (χ1v) is 5.21. The molecule has 1 aromatic carbocycles. The topological polar surface area (TPSA) is 70.8 Å². The molecular formula is C12H17NO4. The minimum atomic E-state index is -0.441. The van der Waals surface area contributed by atoms with E-state index in [0.717, 1.165) is 5.56 Å². The Labute approximate surface area is 100 Å². The van der Waals surface area contributed by atoms with Crippen molar-refractivity contribution in [3.05, 3.63) is 23.8 Å². The van der Waals surface area contributed by atoms with E-state index in [1.54, 1.807) is 12.1 Å². The van der Waals surface area contributed by atoms with Crippen LogP contribution in [-0.4, -0.2) is 26.8 Å². The summed E-state index contributed by atoms with van der Waals surface area (Å²) in [7, 11) is 2.84. The lowest BCUT2D eigenvalue weighted by molar-refractivity contribution is -0.142. The molecule has 94 valence electrons. The Morgan fingerprint density at radius 3 is 2.59 bits per heavy atom. The van der Waals surface area contributed by atoms with E-state index in [9.17, 15) is 4.79 Å². The molecule has 0 fully saturated rings. The zero-order valence-electron chi connectivity index (χ0n) is 10.2. The van der Waals surface area contributed by atoms with Crippen molar-refractivity contribution in [1.29, 1.82) is 0 Å². The molecule has 0 aromatic heterocycles. The number of esters is 1. The summed E-state index contributed by atoms with van der Waals surface area (Å²) in [6, 6.07) is 5.26. The van der Waals surface area contributed by atoms with Gasteiger partial charge in [0, 0.05) is 6.04 Å². The monoisotopic (exact) mass is 239 g/mol. The number of ether oxygens (including phenoxy) is 3. The van der Waals surface area contributed by atoms with E-state index in [-0.39, 0.29) is 12.6 Å². The highest BCUT2D eigenvalue weighted by molar-refractivity contribution is 5.71. The van der Waals surface area contributed by atoms with Gasteiger partial charge in [-0.25, -0.2) is 4.79 Å². The maximum atomic E-state index is 11.0. The molecule has 0 saturated heterocycles. The van der Waals surface area contributed by atoms with E-state index >= 15 is 0 Å². The fraction of sp³-hybridized carbons (Fsp3) is 0.417. The van der Waals surface area contributed by atoms with Crippen LogP contribution in [-0.2, 0) is 9.53 Å². The highest BCUT2D eigenvalue weighted by Gasteiger charge is 2.10. The standard InChI is InChI=1S/C12H17NO4/c1-8(13)9-4-5-10(11(6-9)15-2)17-7-12(14)16-3/h4-6,8H,7,13H2,1-3H3. The molecular weight excluding hydrogens is 222 g/mol. The van der Waals surface area contributed by atoms with Gasteiger partial charge in [0.15, 0.2) is 18.1 Å². The van der Waals surface area contributed by atoms with Gasteiger partial charge in [-0.05, 0) is 24.6 Å². The van der Waals surface area contributed by atoms with Crippen molar-refractivity contribution in [3.8, 4) is 11.5 Å². The third-order valence-corrected chi connectivity index (χ3v) is 2.29. The third kappa shape index (κ3) is 3.64. The molecule has 0 spiro atoms. The van der Waals surface area contributed by atoms with E-state index < -0.39 is 5.97 Å². The predicted molar refractivity (Wildman–Crippen MR) is 63.1 cm³/mol. The largest absolute Gasteiger partial charge is 0.493 e. The van der Waals surface area contributed by atoms with Crippen LogP contribution in [0.15, 0.2) is 18.2 Å². The molecule has 0 heterocycles. The molecule has 0 radical (unpaired) electrons. The highest BCUT2D eigenvalue weighted by Crippen LogP contribution is 2.29. The molecule has 0 aliphatic heterocycles. The average molecular weight is 239 g/mol. The minimum Gasteiger partial charge on any atom is -0.493 e. The first-order chi connectivity index (χ1) is 8.08. The third-order valence-electron chi connectivity index (χ3n) is 2.29. The quantitative estimate of drug-likeness (QED) is 0.783. The summed E-state index contributed by atoms with van der Waals surface area (Å²) >= 11 is 0. The Morgan fingerprint density at radius 1 is 1.35 bits per heavy atom. The summed E-state index contributed by atoms with van der Waals surface area (Å²) < 4.78 is 14.9. The van der Waals surface area contributed by atoms with Gasteiger partial charge in [0.2, 0.25) is 0 Å². The SMILES string of the molecule is COC(=O)COc1ccc(C(C)N)cc1OC. The van der Waals surface area contributed by atoms with Gasteiger partial charge in [-0.15, -0.1) is 0 Å². The van der Waals surface area contributed by atoms with Gasteiger partial charge >= 0.3 is 5.97 Å². The molecule has 1 atom stereocenters. The molecule has 0 aliphatic rings. The summed E-state index contributed by atoms with van der Waals surface area (Å²) in [5.41, 5.74) is 6.70. The zero-order chi connectivity index (χ0) is 12.8. The predicted octanol–water partition coefficient (Wildman–Crippen LogP) is 1.27. The number of carbonyl (C=O) groups is 1. The molecule has 5 nitrogen and oxygen atoms in total. The van der Waals surface area contributed by atoms with Crippen molar-refractivity contribution in [2.24, 2.45) is 5.73 Å². The van der Waals surface area contributed by atoms with Crippen molar-refractivity contribution in [3.63, 3.8) is 0 Å². The smallest absolute Gasteiger partial charge is 0.343 e. The number of benzene rings is 1.